The fraction of sp³-hybridized carbons (Fsp3) is 1.00. The second kappa shape index (κ2) is 3.67. The molecule has 0 aromatic carbocycles. The second-order valence-electron chi connectivity index (χ2n) is 4.04. The lowest BCUT2D eigenvalue weighted by Gasteiger charge is -2.38. The first kappa shape index (κ1) is 18.1. The predicted octanol–water partition coefficient (Wildman–Crippen LogP) is 4.45. The molecule has 0 spiro atoms. The lowest BCUT2D eigenvalue weighted by molar-refractivity contribution is -0.389. The maximum Gasteiger partial charge on any atom is 0.432 e. The summed E-state index contributed by atoms with van der Waals surface area (Å²) in [5.41, 5.74) is -15.8. The molecule has 1 rings (SSSR count). The van der Waals surface area contributed by atoms with Crippen molar-refractivity contribution in [2.45, 2.75) is 41.5 Å². The Morgan fingerprint density at radius 3 is 0.714 bits per heavy atom. The largest absolute Gasteiger partial charge is 0.432 e. The Bertz CT molecular complexity index is 401. The lowest BCUT2D eigenvalue weighted by Crippen LogP contribution is -2.71. The minimum atomic E-state index is -7.89. The van der Waals surface area contributed by atoms with E-state index in [1.807, 2.05) is 0 Å². The van der Waals surface area contributed by atoms with Crippen LogP contribution in [0.3, 0.4) is 0 Å². The van der Waals surface area contributed by atoms with Crippen molar-refractivity contribution in [1.82, 2.24) is 0 Å². The summed E-state index contributed by atoms with van der Waals surface area (Å²) < 4.78 is 175. The van der Waals surface area contributed by atoms with E-state index in [9.17, 15) is 61.5 Å². The molecule has 0 aliphatic heterocycles. The molecule has 14 heteroatoms. The van der Waals surface area contributed by atoms with Crippen LogP contribution in [0.25, 0.3) is 0 Å². The monoisotopic (exact) mass is 350 g/mol. The quantitative estimate of drug-likeness (QED) is 0.567. The van der Waals surface area contributed by atoms with Crippen molar-refractivity contribution in [1.29, 1.82) is 0 Å². The Kier molecular flexibility index (Phi) is 3.16. The van der Waals surface area contributed by atoms with Crippen molar-refractivity contribution < 1.29 is 61.5 Å². The van der Waals surface area contributed by atoms with E-state index in [1.165, 1.54) is 0 Å². The zero-order valence-corrected chi connectivity index (χ0v) is 8.79. The van der Waals surface area contributed by atoms with Gasteiger partial charge in [0.25, 0.3) is 0 Å². The Morgan fingerprint density at radius 2 is 0.571 bits per heavy atom. The number of alkyl halides is 14. The van der Waals surface area contributed by atoms with Gasteiger partial charge in [0.15, 0.2) is 0 Å². The molecule has 0 N–H and O–H groups in total. The van der Waals surface area contributed by atoms with Gasteiger partial charge in [-0.3, -0.25) is 0 Å². The average Bonchev–Trinajstić information content (AvgIpc) is 2.27. The van der Waals surface area contributed by atoms with E-state index in [0.717, 1.165) is 0 Å². The van der Waals surface area contributed by atoms with E-state index in [4.69, 9.17) is 0 Å². The van der Waals surface area contributed by atoms with Crippen molar-refractivity contribution in [2.75, 3.05) is 0 Å². The van der Waals surface area contributed by atoms with Crippen LogP contribution in [0.5, 0.6) is 0 Å². The standard InChI is InChI=1S/C7F14/c8-1(6(16,17)18)2(9,7(19,20)21)4(12,13)5(14,15)3(1,10)11. The van der Waals surface area contributed by atoms with Gasteiger partial charge in [0.2, 0.25) is 0 Å². The van der Waals surface area contributed by atoms with Crippen LogP contribution in [0, 0.1) is 0 Å². The Hall–Kier alpha value is -0.980. The zero-order chi connectivity index (χ0) is 17.5. The van der Waals surface area contributed by atoms with Crippen LogP contribution < -0.4 is 0 Å². The van der Waals surface area contributed by atoms with E-state index < -0.39 is 41.5 Å². The highest BCUT2D eigenvalue weighted by molar-refractivity contribution is 5.34. The minimum Gasteiger partial charge on any atom is -0.222 e. The maximum atomic E-state index is 13.2. The van der Waals surface area contributed by atoms with E-state index in [1.54, 1.807) is 0 Å². The fourth-order valence-electron chi connectivity index (χ4n) is 1.81. The molecule has 0 amide bonds. The summed E-state index contributed by atoms with van der Waals surface area (Å²) in [6.45, 7) is 0. The number of rotatable bonds is 0. The number of hydrogen-bond donors (Lipinski definition) is 0. The van der Waals surface area contributed by atoms with Gasteiger partial charge in [-0.2, -0.15) is 52.7 Å². The molecule has 0 aromatic rings. The summed E-state index contributed by atoms with van der Waals surface area (Å²) in [6.07, 6.45) is -15.4. The lowest BCUT2D eigenvalue weighted by atomic mass is 9.85. The highest BCUT2D eigenvalue weighted by Gasteiger charge is 3.09. The zero-order valence-electron chi connectivity index (χ0n) is 8.79. The van der Waals surface area contributed by atoms with Crippen LogP contribution in [0.2, 0.25) is 0 Å². The number of halogens is 14. The van der Waals surface area contributed by atoms with Crippen molar-refractivity contribution in [3.8, 4) is 0 Å². The molecule has 1 fully saturated rings. The molecule has 126 valence electrons. The maximum absolute atomic E-state index is 13.2. The predicted molar refractivity (Wildman–Crippen MR) is 34.6 cm³/mol. The molecule has 0 heterocycles. The van der Waals surface area contributed by atoms with E-state index in [0.29, 0.717) is 0 Å². The summed E-state index contributed by atoms with van der Waals surface area (Å²) in [6, 6.07) is 0. The van der Waals surface area contributed by atoms with Gasteiger partial charge in [-0.05, 0) is 0 Å². The highest BCUT2D eigenvalue weighted by Crippen LogP contribution is 2.75. The molecule has 21 heavy (non-hydrogen) atoms. The van der Waals surface area contributed by atoms with E-state index in [-0.39, 0.29) is 0 Å². The van der Waals surface area contributed by atoms with E-state index in [2.05, 4.69) is 0 Å². The Balaban J connectivity index is 4.00. The third-order valence-electron chi connectivity index (χ3n) is 2.91. The van der Waals surface area contributed by atoms with Gasteiger partial charge in [0, 0.05) is 0 Å². The second-order valence-corrected chi connectivity index (χ2v) is 4.04. The van der Waals surface area contributed by atoms with Gasteiger partial charge in [0.1, 0.15) is 0 Å². The van der Waals surface area contributed by atoms with Crippen LogP contribution in [-0.2, 0) is 0 Å². The molecule has 0 nitrogen and oxygen atoms in total. The van der Waals surface area contributed by atoms with Crippen molar-refractivity contribution in [2.24, 2.45) is 0 Å². The van der Waals surface area contributed by atoms with Crippen LogP contribution in [-0.4, -0.2) is 41.5 Å². The van der Waals surface area contributed by atoms with Crippen LogP contribution in [0.1, 0.15) is 0 Å². The molecule has 0 bridgehead atoms. The molecule has 1 aliphatic rings. The third-order valence-corrected chi connectivity index (χ3v) is 2.91. The summed E-state index contributed by atoms with van der Waals surface area (Å²) >= 11 is 0. The molecule has 1 saturated carbocycles. The first-order chi connectivity index (χ1) is 8.75. The summed E-state index contributed by atoms with van der Waals surface area (Å²) in [5.74, 6) is -23.0. The summed E-state index contributed by atoms with van der Waals surface area (Å²) in [4.78, 5) is 0. The molecular weight excluding hydrogens is 350 g/mol. The first-order valence-corrected chi connectivity index (χ1v) is 4.40. The first-order valence-electron chi connectivity index (χ1n) is 4.40. The van der Waals surface area contributed by atoms with Crippen LogP contribution in [0.4, 0.5) is 61.5 Å². The van der Waals surface area contributed by atoms with Crippen LogP contribution >= 0.6 is 0 Å². The van der Waals surface area contributed by atoms with E-state index >= 15 is 0 Å². The molecule has 2 atom stereocenters. The van der Waals surface area contributed by atoms with Gasteiger partial charge >= 0.3 is 41.5 Å². The topological polar surface area (TPSA) is 0 Å². The van der Waals surface area contributed by atoms with Gasteiger partial charge in [-0.1, -0.05) is 0 Å². The Morgan fingerprint density at radius 1 is 0.381 bits per heavy atom. The van der Waals surface area contributed by atoms with Gasteiger partial charge in [-0.25, -0.2) is 8.78 Å². The van der Waals surface area contributed by atoms with Gasteiger partial charge in [0.05, 0.1) is 0 Å². The molecule has 2 unspecified atom stereocenters. The average molecular weight is 350 g/mol. The van der Waals surface area contributed by atoms with Crippen molar-refractivity contribution >= 4 is 0 Å². The third kappa shape index (κ3) is 1.43. The van der Waals surface area contributed by atoms with Crippen LogP contribution in [0.15, 0.2) is 0 Å². The van der Waals surface area contributed by atoms with Gasteiger partial charge < -0.3 is 0 Å². The van der Waals surface area contributed by atoms with Gasteiger partial charge in [-0.15, -0.1) is 0 Å². The van der Waals surface area contributed by atoms with Crippen molar-refractivity contribution in [3.63, 3.8) is 0 Å². The Labute approximate surface area is 104 Å². The minimum absolute atomic E-state index is 7.59. The highest BCUT2D eigenvalue weighted by atomic mass is 19.4. The fourth-order valence-corrected chi connectivity index (χ4v) is 1.81. The molecule has 0 saturated heterocycles. The SMILES string of the molecule is FC(F)(F)C1(F)C(F)(F)C(F)(F)C(F)(F)C1(F)C(F)(F)F. The normalized spacial score (nSPS) is 38.6. The summed E-state index contributed by atoms with van der Waals surface area (Å²) in [5, 5.41) is 0. The number of hydrogen-bond acceptors (Lipinski definition) is 0. The smallest absolute Gasteiger partial charge is 0.222 e. The molecule has 0 radical (unpaired) electrons. The molecular formula is C7F14. The molecule has 0 aromatic heterocycles. The van der Waals surface area contributed by atoms with Crippen molar-refractivity contribution in [3.05, 3.63) is 0 Å². The molecule has 1 aliphatic carbocycles. The summed E-state index contributed by atoms with van der Waals surface area (Å²) in [7, 11) is 0.